The van der Waals surface area contributed by atoms with Crippen LogP contribution in [0.4, 0.5) is 5.82 Å². The third-order valence-electron chi connectivity index (χ3n) is 2.73. The summed E-state index contributed by atoms with van der Waals surface area (Å²) in [6, 6.07) is 9.29. The highest BCUT2D eigenvalue weighted by atomic mass is 16.5. The van der Waals surface area contributed by atoms with Crippen molar-refractivity contribution >= 4 is 5.82 Å². The number of aromatic nitrogens is 2. The van der Waals surface area contributed by atoms with Gasteiger partial charge in [-0.1, -0.05) is 6.92 Å². The van der Waals surface area contributed by atoms with E-state index in [4.69, 9.17) is 9.47 Å². The average Bonchev–Trinajstić information content (AvgIpc) is 2.47. The second-order valence-corrected chi connectivity index (χ2v) is 4.57. The molecule has 0 bridgehead atoms. The quantitative estimate of drug-likeness (QED) is 0.839. The maximum Gasteiger partial charge on any atom is 0.224 e. The first-order chi connectivity index (χ1) is 10.2. The van der Waals surface area contributed by atoms with Gasteiger partial charge in [0.15, 0.2) is 0 Å². The fourth-order valence-corrected chi connectivity index (χ4v) is 1.83. The number of nitrogens with one attached hydrogen (secondary N) is 1. The molecule has 0 unspecified atom stereocenters. The topological polar surface area (TPSA) is 56.3 Å². The molecule has 0 saturated carbocycles. The molecule has 5 heteroatoms. The Hall–Kier alpha value is -2.30. The zero-order valence-electron chi connectivity index (χ0n) is 12.7. The molecular weight excluding hydrogens is 266 g/mol. The monoisotopic (exact) mass is 287 g/mol. The van der Waals surface area contributed by atoms with Crippen LogP contribution in [-0.2, 0) is 0 Å². The minimum absolute atomic E-state index is 0.533. The highest BCUT2D eigenvalue weighted by Gasteiger charge is 2.04. The minimum Gasteiger partial charge on any atom is -0.494 e. The van der Waals surface area contributed by atoms with Gasteiger partial charge in [0.05, 0.1) is 6.61 Å². The Morgan fingerprint density at radius 2 is 1.76 bits per heavy atom. The van der Waals surface area contributed by atoms with Crippen molar-refractivity contribution in [3.05, 3.63) is 36.2 Å². The lowest BCUT2D eigenvalue weighted by molar-refractivity contribution is 0.339. The van der Waals surface area contributed by atoms with Crippen LogP contribution in [0.1, 0.15) is 26.1 Å². The molecule has 2 aromatic rings. The maximum atomic E-state index is 5.77. The minimum atomic E-state index is 0.533. The standard InChI is InChI=1S/C16H21N3O2/c1-4-10-17-15-11-16(19-12(3)18-15)21-14-8-6-13(7-9-14)20-5-2/h6-9,11H,4-5,10H2,1-3H3,(H,17,18,19). The Morgan fingerprint density at radius 1 is 1.05 bits per heavy atom. The van der Waals surface area contributed by atoms with Gasteiger partial charge >= 0.3 is 0 Å². The predicted octanol–water partition coefficient (Wildman–Crippen LogP) is 3.80. The van der Waals surface area contributed by atoms with E-state index in [9.17, 15) is 0 Å². The van der Waals surface area contributed by atoms with Gasteiger partial charge in [0.25, 0.3) is 0 Å². The molecule has 0 aliphatic heterocycles. The Kier molecular flexibility index (Phi) is 5.37. The smallest absolute Gasteiger partial charge is 0.224 e. The van der Waals surface area contributed by atoms with Crippen molar-refractivity contribution < 1.29 is 9.47 Å². The van der Waals surface area contributed by atoms with Crippen LogP contribution < -0.4 is 14.8 Å². The van der Waals surface area contributed by atoms with E-state index in [2.05, 4.69) is 22.2 Å². The van der Waals surface area contributed by atoms with E-state index in [1.165, 1.54) is 0 Å². The van der Waals surface area contributed by atoms with Gasteiger partial charge in [0.1, 0.15) is 23.1 Å². The molecule has 0 aliphatic carbocycles. The summed E-state index contributed by atoms with van der Waals surface area (Å²) in [6.07, 6.45) is 1.04. The van der Waals surface area contributed by atoms with Crippen LogP contribution in [0.15, 0.2) is 30.3 Å². The SMILES string of the molecule is CCCNc1cc(Oc2ccc(OCC)cc2)nc(C)n1. The Balaban J connectivity index is 2.09. The van der Waals surface area contributed by atoms with E-state index in [0.29, 0.717) is 18.3 Å². The number of hydrogen-bond acceptors (Lipinski definition) is 5. The first kappa shape index (κ1) is 15.1. The summed E-state index contributed by atoms with van der Waals surface area (Å²) in [5.74, 6) is 3.54. The van der Waals surface area contributed by atoms with Crippen LogP contribution in [0, 0.1) is 6.92 Å². The molecule has 0 atom stereocenters. The third-order valence-corrected chi connectivity index (χ3v) is 2.73. The van der Waals surface area contributed by atoms with Crippen molar-refractivity contribution in [2.75, 3.05) is 18.5 Å². The lowest BCUT2D eigenvalue weighted by Gasteiger charge is -2.09. The molecule has 0 amide bonds. The molecule has 0 aliphatic rings. The van der Waals surface area contributed by atoms with Gasteiger partial charge in [-0.05, 0) is 44.5 Å². The number of ether oxygens (including phenoxy) is 2. The number of anilines is 1. The molecule has 1 aromatic carbocycles. The maximum absolute atomic E-state index is 5.77. The molecule has 1 N–H and O–H groups in total. The number of benzene rings is 1. The van der Waals surface area contributed by atoms with Gasteiger partial charge in [0.2, 0.25) is 5.88 Å². The van der Waals surface area contributed by atoms with Crippen LogP contribution in [0.3, 0.4) is 0 Å². The number of hydrogen-bond donors (Lipinski definition) is 1. The number of nitrogens with zero attached hydrogens (tertiary/aromatic N) is 2. The molecular formula is C16H21N3O2. The van der Waals surface area contributed by atoms with E-state index in [0.717, 1.165) is 30.3 Å². The van der Waals surface area contributed by atoms with E-state index in [-0.39, 0.29) is 0 Å². The van der Waals surface area contributed by atoms with Crippen LogP contribution >= 0.6 is 0 Å². The molecule has 1 heterocycles. The lowest BCUT2D eigenvalue weighted by Crippen LogP contribution is -2.04. The predicted molar refractivity (Wildman–Crippen MR) is 83.2 cm³/mol. The normalized spacial score (nSPS) is 10.2. The van der Waals surface area contributed by atoms with Crippen molar-refractivity contribution in [3.8, 4) is 17.4 Å². The molecule has 0 fully saturated rings. The Bertz CT molecular complexity index is 570. The van der Waals surface area contributed by atoms with E-state index in [1.54, 1.807) is 6.07 Å². The third kappa shape index (κ3) is 4.63. The molecule has 0 saturated heterocycles. The number of aryl methyl sites for hydroxylation is 1. The first-order valence-corrected chi connectivity index (χ1v) is 7.21. The molecule has 0 spiro atoms. The summed E-state index contributed by atoms with van der Waals surface area (Å²) in [4.78, 5) is 8.62. The molecule has 0 radical (unpaired) electrons. The summed E-state index contributed by atoms with van der Waals surface area (Å²) in [6.45, 7) is 7.44. The van der Waals surface area contributed by atoms with E-state index >= 15 is 0 Å². The fourth-order valence-electron chi connectivity index (χ4n) is 1.83. The van der Waals surface area contributed by atoms with Gasteiger partial charge in [-0.15, -0.1) is 0 Å². The molecule has 112 valence electrons. The van der Waals surface area contributed by atoms with Crippen molar-refractivity contribution in [1.82, 2.24) is 9.97 Å². The summed E-state index contributed by atoms with van der Waals surface area (Å²) < 4.78 is 11.2. The van der Waals surface area contributed by atoms with E-state index in [1.807, 2.05) is 38.1 Å². The van der Waals surface area contributed by atoms with Gasteiger partial charge in [-0.2, -0.15) is 4.98 Å². The summed E-state index contributed by atoms with van der Waals surface area (Å²) in [7, 11) is 0. The second-order valence-electron chi connectivity index (χ2n) is 4.57. The van der Waals surface area contributed by atoms with Crippen LogP contribution in [0.25, 0.3) is 0 Å². The van der Waals surface area contributed by atoms with Gasteiger partial charge in [0, 0.05) is 12.6 Å². The van der Waals surface area contributed by atoms with Gasteiger partial charge < -0.3 is 14.8 Å². The zero-order chi connectivity index (χ0) is 15.1. The summed E-state index contributed by atoms with van der Waals surface area (Å²) >= 11 is 0. The van der Waals surface area contributed by atoms with Crippen molar-refractivity contribution in [2.24, 2.45) is 0 Å². The molecule has 1 aromatic heterocycles. The second kappa shape index (κ2) is 7.47. The van der Waals surface area contributed by atoms with Crippen LogP contribution in [-0.4, -0.2) is 23.1 Å². The zero-order valence-corrected chi connectivity index (χ0v) is 12.7. The van der Waals surface area contributed by atoms with E-state index < -0.39 is 0 Å². The number of rotatable bonds is 7. The van der Waals surface area contributed by atoms with Gasteiger partial charge in [-0.3, -0.25) is 0 Å². The largest absolute Gasteiger partial charge is 0.494 e. The van der Waals surface area contributed by atoms with Crippen molar-refractivity contribution in [2.45, 2.75) is 27.2 Å². The summed E-state index contributed by atoms with van der Waals surface area (Å²) in [5.41, 5.74) is 0. The Labute approximate surface area is 125 Å². The van der Waals surface area contributed by atoms with Gasteiger partial charge in [-0.25, -0.2) is 4.98 Å². The molecule has 5 nitrogen and oxygen atoms in total. The average molecular weight is 287 g/mol. The Morgan fingerprint density at radius 3 is 2.43 bits per heavy atom. The van der Waals surface area contributed by atoms with Crippen LogP contribution in [0.2, 0.25) is 0 Å². The fraction of sp³-hybridized carbons (Fsp3) is 0.375. The van der Waals surface area contributed by atoms with Crippen molar-refractivity contribution in [3.63, 3.8) is 0 Å². The molecule has 21 heavy (non-hydrogen) atoms. The lowest BCUT2D eigenvalue weighted by atomic mass is 10.3. The molecule has 2 rings (SSSR count). The van der Waals surface area contributed by atoms with Crippen molar-refractivity contribution in [1.29, 1.82) is 0 Å². The highest BCUT2D eigenvalue weighted by Crippen LogP contribution is 2.24. The first-order valence-electron chi connectivity index (χ1n) is 7.21. The summed E-state index contributed by atoms with van der Waals surface area (Å²) in [5, 5.41) is 3.24. The highest BCUT2D eigenvalue weighted by molar-refractivity contribution is 5.40. The van der Waals surface area contributed by atoms with Crippen LogP contribution in [0.5, 0.6) is 17.4 Å².